The molecule has 12 heavy (non-hydrogen) atoms. The SMILES string of the molecule is Cc1cc([S+]=P([O-])(O)O)ncn1. The van der Waals surface area contributed by atoms with Crippen molar-refractivity contribution in [3.05, 3.63) is 18.1 Å². The summed E-state index contributed by atoms with van der Waals surface area (Å²) in [6.07, 6.45) is 1.27. The molecule has 0 spiro atoms. The van der Waals surface area contributed by atoms with E-state index in [-0.39, 0.29) is 5.03 Å². The van der Waals surface area contributed by atoms with Crippen LogP contribution in [0.25, 0.3) is 0 Å². The Kier molecular flexibility index (Phi) is 2.87. The van der Waals surface area contributed by atoms with Crippen LogP contribution in [0.2, 0.25) is 0 Å². The lowest BCUT2D eigenvalue weighted by molar-refractivity contribution is -0.196. The highest BCUT2D eigenvalue weighted by atomic mass is 32.5. The van der Waals surface area contributed by atoms with Gasteiger partial charge in [0.1, 0.15) is 6.33 Å². The monoisotopic (exact) mass is 206 g/mol. The molecule has 0 saturated heterocycles. The largest absolute Gasteiger partial charge is 0.741 e. The predicted molar refractivity (Wildman–Crippen MR) is 43.8 cm³/mol. The van der Waals surface area contributed by atoms with Gasteiger partial charge in [-0.3, -0.25) is 0 Å². The first-order valence-electron chi connectivity index (χ1n) is 3.01. The third-order valence-electron chi connectivity index (χ3n) is 0.991. The van der Waals surface area contributed by atoms with E-state index >= 15 is 0 Å². The van der Waals surface area contributed by atoms with E-state index in [1.165, 1.54) is 12.4 Å². The first kappa shape index (κ1) is 9.70. The average molecular weight is 206 g/mol. The molecule has 2 N–H and O–H groups in total. The summed E-state index contributed by atoms with van der Waals surface area (Å²) in [5.74, 6) is 0. The fraction of sp³-hybridized carbons (Fsp3) is 0.200. The summed E-state index contributed by atoms with van der Waals surface area (Å²) in [5.41, 5.74) is 0.681. The van der Waals surface area contributed by atoms with Crippen LogP contribution in [0, 0.1) is 6.92 Å². The second-order valence-electron chi connectivity index (χ2n) is 2.08. The van der Waals surface area contributed by atoms with Crippen LogP contribution < -0.4 is 4.89 Å². The highest BCUT2D eigenvalue weighted by Gasteiger charge is 2.12. The van der Waals surface area contributed by atoms with Crippen LogP contribution >= 0.6 is 6.72 Å². The first-order chi connectivity index (χ1) is 5.47. The Morgan fingerprint density at radius 2 is 2.17 bits per heavy atom. The summed E-state index contributed by atoms with van der Waals surface area (Å²) < 4.78 is 0. The van der Waals surface area contributed by atoms with Crippen molar-refractivity contribution in [1.82, 2.24) is 9.97 Å². The van der Waals surface area contributed by atoms with Gasteiger partial charge in [-0.1, -0.05) is 0 Å². The highest BCUT2D eigenvalue weighted by Crippen LogP contribution is 2.27. The quantitative estimate of drug-likeness (QED) is 0.358. The zero-order valence-electron chi connectivity index (χ0n) is 6.21. The van der Waals surface area contributed by atoms with E-state index in [1.54, 1.807) is 6.92 Å². The number of aryl methyl sites for hydroxylation is 1. The van der Waals surface area contributed by atoms with Gasteiger partial charge in [0.15, 0.2) is 0 Å². The Morgan fingerprint density at radius 1 is 1.50 bits per heavy atom. The van der Waals surface area contributed by atoms with Crippen molar-refractivity contribution in [2.75, 3.05) is 0 Å². The van der Waals surface area contributed by atoms with Crippen LogP contribution in [-0.4, -0.2) is 19.8 Å². The topological polar surface area (TPSA) is 89.3 Å². The molecule has 0 radical (unpaired) electrons. The van der Waals surface area contributed by atoms with Crippen molar-refractivity contribution in [1.29, 1.82) is 0 Å². The molecule has 1 rings (SSSR count). The Labute approximate surface area is 73.0 Å². The Bertz CT molecular complexity index is 329. The summed E-state index contributed by atoms with van der Waals surface area (Å²) in [4.78, 5) is 35.1. The van der Waals surface area contributed by atoms with Gasteiger partial charge >= 0.3 is 11.7 Å². The standard InChI is InChI=1S/C5H7N2O3PS/c1-4-2-5(7-3-6-4)12-11(8,9)10/h2-3H,1H3,(H2-,8,9,10). The fourth-order valence-corrected chi connectivity index (χ4v) is 2.19. The van der Waals surface area contributed by atoms with Gasteiger partial charge in [-0.15, -0.1) is 0 Å². The van der Waals surface area contributed by atoms with Crippen LogP contribution in [-0.2, 0) is 10.9 Å². The second kappa shape index (κ2) is 3.55. The summed E-state index contributed by atoms with van der Waals surface area (Å²) in [6.45, 7) is -2.35. The highest BCUT2D eigenvalue weighted by molar-refractivity contribution is 8.15. The molecule has 5 nitrogen and oxygen atoms in total. The van der Waals surface area contributed by atoms with Crippen LogP contribution in [0.4, 0.5) is 0 Å². The molecule has 66 valence electrons. The van der Waals surface area contributed by atoms with E-state index in [2.05, 4.69) is 9.97 Å². The third kappa shape index (κ3) is 3.34. The predicted octanol–water partition coefficient (Wildman–Crippen LogP) is -0.751. The molecular formula is C5H7N2O3PS. The average Bonchev–Trinajstić information content (AvgIpc) is 1.82. The minimum absolute atomic E-state index is 0.288. The van der Waals surface area contributed by atoms with E-state index < -0.39 is 6.72 Å². The van der Waals surface area contributed by atoms with E-state index in [1.807, 2.05) is 0 Å². The number of hydrogen-bond acceptors (Lipinski definition) is 3. The second-order valence-corrected chi connectivity index (χ2v) is 5.64. The number of hydrogen-bond donors (Lipinski definition) is 2. The van der Waals surface area contributed by atoms with Gasteiger partial charge in [0, 0.05) is 11.8 Å². The minimum Gasteiger partial charge on any atom is -0.741 e. The summed E-state index contributed by atoms with van der Waals surface area (Å²) in [6, 6.07) is 1.52. The maximum atomic E-state index is 10.5. The summed E-state index contributed by atoms with van der Waals surface area (Å²) in [7, 11) is 0.430. The molecule has 0 unspecified atom stereocenters. The molecule has 0 aliphatic carbocycles. The van der Waals surface area contributed by atoms with E-state index in [9.17, 15) is 4.89 Å². The summed E-state index contributed by atoms with van der Waals surface area (Å²) in [5, 5.41) is 0.288. The number of nitrogens with zero attached hydrogens (tertiary/aromatic N) is 2. The lowest BCUT2D eigenvalue weighted by Crippen LogP contribution is -1.99. The number of aromatic nitrogens is 2. The van der Waals surface area contributed by atoms with E-state index in [0.29, 0.717) is 16.6 Å². The van der Waals surface area contributed by atoms with Gasteiger partial charge in [-0.25, -0.2) is 4.98 Å². The van der Waals surface area contributed by atoms with Crippen molar-refractivity contribution in [2.24, 2.45) is 0 Å². The molecule has 0 saturated carbocycles. The first-order valence-corrected chi connectivity index (χ1v) is 6.04. The molecule has 0 aliphatic heterocycles. The third-order valence-corrected chi connectivity index (χ3v) is 2.91. The Morgan fingerprint density at radius 3 is 2.67 bits per heavy atom. The zero-order chi connectivity index (χ0) is 9.19. The number of rotatable bonds is 1. The molecular weight excluding hydrogens is 199 g/mol. The van der Waals surface area contributed by atoms with Gasteiger partial charge in [0.05, 0.1) is 0 Å². The van der Waals surface area contributed by atoms with E-state index in [0.717, 1.165) is 0 Å². The van der Waals surface area contributed by atoms with Gasteiger partial charge in [0.2, 0.25) is 0 Å². The fourth-order valence-electron chi connectivity index (χ4n) is 0.602. The van der Waals surface area contributed by atoms with Crippen LogP contribution in [0.3, 0.4) is 0 Å². The van der Waals surface area contributed by atoms with Crippen LogP contribution in [0.15, 0.2) is 17.4 Å². The van der Waals surface area contributed by atoms with Crippen molar-refractivity contribution in [3.63, 3.8) is 0 Å². The Balaban J connectivity index is 3.06. The smallest absolute Gasteiger partial charge is 0.325 e. The molecule has 1 aromatic rings. The van der Waals surface area contributed by atoms with Crippen molar-refractivity contribution < 1.29 is 14.7 Å². The molecule has 0 atom stereocenters. The van der Waals surface area contributed by atoms with Gasteiger partial charge in [-0.2, -0.15) is 4.98 Å². The summed E-state index contributed by atoms with van der Waals surface area (Å²) >= 11 is 0. The van der Waals surface area contributed by atoms with E-state index in [4.69, 9.17) is 9.79 Å². The molecule has 1 aromatic heterocycles. The van der Waals surface area contributed by atoms with Crippen LogP contribution in [0.1, 0.15) is 5.69 Å². The van der Waals surface area contributed by atoms with Crippen molar-refractivity contribution >= 4 is 17.7 Å². The lowest BCUT2D eigenvalue weighted by atomic mass is 10.5. The van der Waals surface area contributed by atoms with Gasteiger partial charge in [-0.05, 0) is 6.92 Å². The normalized spacial score (nSPS) is 11.3. The molecule has 0 amide bonds. The molecule has 0 aliphatic rings. The van der Waals surface area contributed by atoms with Crippen molar-refractivity contribution in [2.45, 2.75) is 11.9 Å². The molecule has 1 heterocycles. The minimum atomic E-state index is -4.08. The molecule has 0 aromatic carbocycles. The van der Waals surface area contributed by atoms with Crippen molar-refractivity contribution in [3.8, 4) is 0 Å². The molecule has 0 bridgehead atoms. The molecule has 7 heteroatoms. The molecule has 0 fully saturated rings. The maximum Gasteiger partial charge on any atom is 0.325 e. The van der Waals surface area contributed by atoms with Gasteiger partial charge < -0.3 is 14.7 Å². The van der Waals surface area contributed by atoms with Crippen LogP contribution in [0.5, 0.6) is 0 Å². The Hall–Kier alpha value is -0.390. The van der Waals surface area contributed by atoms with Gasteiger partial charge in [0.25, 0.3) is 10.9 Å². The zero-order valence-corrected chi connectivity index (χ0v) is 7.92. The lowest BCUT2D eigenvalue weighted by Gasteiger charge is -2.00. The maximum absolute atomic E-state index is 10.5.